The quantitative estimate of drug-likeness (QED) is 0.594. The van der Waals surface area contributed by atoms with Crippen LogP contribution in [0.5, 0.6) is 0 Å². The van der Waals surface area contributed by atoms with E-state index in [1.165, 1.54) is 4.90 Å². The lowest BCUT2D eigenvalue weighted by Crippen LogP contribution is -2.48. The number of likely N-dealkylation sites (tertiary alicyclic amines) is 1. The van der Waals surface area contributed by atoms with E-state index in [1.54, 1.807) is 24.3 Å². The Morgan fingerprint density at radius 1 is 1.19 bits per heavy atom. The zero-order chi connectivity index (χ0) is 15.4. The van der Waals surface area contributed by atoms with E-state index in [4.69, 9.17) is 0 Å². The summed E-state index contributed by atoms with van der Waals surface area (Å²) in [5.41, 5.74) is 0.798. The lowest BCUT2D eigenvalue weighted by atomic mass is 10.1. The fourth-order valence-corrected chi connectivity index (χ4v) is 2.23. The van der Waals surface area contributed by atoms with Crippen molar-refractivity contribution < 1.29 is 24.9 Å². The Labute approximate surface area is 121 Å². The van der Waals surface area contributed by atoms with Crippen LogP contribution in [-0.4, -0.2) is 63.6 Å². The molecule has 21 heavy (non-hydrogen) atoms. The second-order valence-electron chi connectivity index (χ2n) is 5.07. The van der Waals surface area contributed by atoms with Crippen molar-refractivity contribution in [1.82, 2.24) is 10.2 Å². The van der Waals surface area contributed by atoms with Gasteiger partial charge in [-0.15, -0.1) is 0 Å². The van der Waals surface area contributed by atoms with Gasteiger partial charge in [0.25, 0.3) is 0 Å². The van der Waals surface area contributed by atoms with Gasteiger partial charge in [0, 0.05) is 6.42 Å². The molecular weight excluding hydrogens is 276 g/mol. The number of hydrogen-bond donors (Lipinski definition) is 4. The van der Waals surface area contributed by atoms with Crippen LogP contribution in [0.1, 0.15) is 5.56 Å². The van der Waals surface area contributed by atoms with E-state index in [0.717, 1.165) is 5.56 Å². The van der Waals surface area contributed by atoms with Crippen LogP contribution >= 0.6 is 0 Å². The molecule has 2 unspecified atom stereocenters. The Hall–Kier alpha value is -2.12. The number of benzene rings is 1. The Balaban J connectivity index is 1.97. The molecule has 0 saturated carbocycles. The summed E-state index contributed by atoms with van der Waals surface area (Å²) >= 11 is 0. The van der Waals surface area contributed by atoms with Crippen LogP contribution in [0.3, 0.4) is 0 Å². The van der Waals surface area contributed by atoms with Gasteiger partial charge in [-0.3, -0.25) is 0 Å². The number of β-amino-alcohol motifs (C(OH)–C–C–N with tert-alkyl or cyclic N) is 2. The van der Waals surface area contributed by atoms with Gasteiger partial charge in [0.05, 0.1) is 25.3 Å². The number of hydrogen-bond acceptors (Lipinski definition) is 4. The zero-order valence-corrected chi connectivity index (χ0v) is 11.3. The third kappa shape index (κ3) is 3.93. The topological polar surface area (TPSA) is 110 Å². The van der Waals surface area contributed by atoms with Gasteiger partial charge in [-0.2, -0.15) is 0 Å². The molecule has 1 fully saturated rings. The molecule has 7 nitrogen and oxygen atoms in total. The number of aliphatic hydroxyl groups is 2. The summed E-state index contributed by atoms with van der Waals surface area (Å²) in [5, 5.41) is 30.4. The summed E-state index contributed by atoms with van der Waals surface area (Å²) < 4.78 is 0. The predicted octanol–water partition coefficient (Wildman–Crippen LogP) is -0.571. The van der Waals surface area contributed by atoms with E-state index >= 15 is 0 Å². The molecule has 1 saturated heterocycles. The van der Waals surface area contributed by atoms with Crippen molar-refractivity contribution in [3.05, 3.63) is 35.9 Å². The maximum Gasteiger partial charge on any atom is 0.326 e. The molecule has 2 rings (SSSR count). The zero-order valence-electron chi connectivity index (χ0n) is 11.3. The van der Waals surface area contributed by atoms with Gasteiger partial charge in [-0.1, -0.05) is 30.3 Å². The smallest absolute Gasteiger partial charge is 0.326 e. The van der Waals surface area contributed by atoms with Gasteiger partial charge >= 0.3 is 12.0 Å². The third-order valence-corrected chi connectivity index (χ3v) is 3.42. The molecular formula is C14H18N2O5. The number of urea groups is 1. The molecule has 7 heteroatoms. The summed E-state index contributed by atoms with van der Waals surface area (Å²) in [5.74, 6) is -1.13. The van der Waals surface area contributed by atoms with Crippen molar-refractivity contribution in [2.24, 2.45) is 0 Å². The number of aliphatic carboxylic acids is 1. The summed E-state index contributed by atoms with van der Waals surface area (Å²) in [7, 11) is 0. The highest BCUT2D eigenvalue weighted by Crippen LogP contribution is 2.11. The summed E-state index contributed by atoms with van der Waals surface area (Å²) in [6.07, 6.45) is -1.82. The highest BCUT2D eigenvalue weighted by Gasteiger charge is 2.34. The SMILES string of the molecule is O=C(O)[C@H](Cc1ccccc1)NC(=O)N1CC(O)C(O)C1. The summed E-state index contributed by atoms with van der Waals surface area (Å²) in [6.45, 7) is -0.0185. The molecule has 3 atom stereocenters. The Morgan fingerprint density at radius 2 is 1.76 bits per heavy atom. The molecule has 1 aromatic rings. The third-order valence-electron chi connectivity index (χ3n) is 3.42. The van der Waals surface area contributed by atoms with E-state index < -0.39 is 30.3 Å². The monoisotopic (exact) mass is 294 g/mol. The first-order valence-electron chi connectivity index (χ1n) is 6.65. The van der Waals surface area contributed by atoms with Crippen LogP contribution in [0.25, 0.3) is 0 Å². The van der Waals surface area contributed by atoms with E-state index in [2.05, 4.69) is 5.32 Å². The lowest BCUT2D eigenvalue weighted by Gasteiger charge is -2.20. The van der Waals surface area contributed by atoms with Gasteiger partial charge in [0.15, 0.2) is 0 Å². The lowest BCUT2D eigenvalue weighted by molar-refractivity contribution is -0.139. The Kier molecular flexibility index (Phi) is 4.77. The fourth-order valence-electron chi connectivity index (χ4n) is 2.23. The molecule has 1 aromatic carbocycles. The van der Waals surface area contributed by atoms with Crippen molar-refractivity contribution in [3.8, 4) is 0 Å². The van der Waals surface area contributed by atoms with Crippen molar-refractivity contribution in [1.29, 1.82) is 0 Å². The van der Waals surface area contributed by atoms with Crippen molar-refractivity contribution >= 4 is 12.0 Å². The average Bonchev–Trinajstić information content (AvgIpc) is 2.79. The molecule has 0 bridgehead atoms. The van der Waals surface area contributed by atoms with Crippen LogP contribution in [0.4, 0.5) is 4.79 Å². The number of nitrogens with zero attached hydrogens (tertiary/aromatic N) is 1. The maximum atomic E-state index is 12.0. The molecule has 0 radical (unpaired) electrons. The minimum Gasteiger partial charge on any atom is -0.480 e. The molecule has 114 valence electrons. The maximum absolute atomic E-state index is 12.0. The number of amides is 2. The number of nitrogens with one attached hydrogen (secondary N) is 1. The largest absolute Gasteiger partial charge is 0.480 e. The van der Waals surface area contributed by atoms with Crippen LogP contribution in [0.2, 0.25) is 0 Å². The number of carboxylic acid groups (broad SMARTS) is 1. The Bertz CT molecular complexity index is 497. The fraction of sp³-hybridized carbons (Fsp3) is 0.429. The minimum atomic E-state index is -1.13. The summed E-state index contributed by atoms with van der Waals surface area (Å²) in [4.78, 5) is 24.4. The van der Waals surface area contributed by atoms with E-state index in [1.807, 2.05) is 6.07 Å². The second kappa shape index (κ2) is 6.55. The second-order valence-corrected chi connectivity index (χ2v) is 5.07. The van der Waals surface area contributed by atoms with Crippen LogP contribution < -0.4 is 5.32 Å². The first kappa shape index (κ1) is 15.3. The van der Waals surface area contributed by atoms with Gasteiger partial charge in [-0.25, -0.2) is 9.59 Å². The van der Waals surface area contributed by atoms with Gasteiger partial charge in [-0.05, 0) is 5.56 Å². The van der Waals surface area contributed by atoms with E-state index in [-0.39, 0.29) is 19.5 Å². The molecule has 1 heterocycles. The van der Waals surface area contributed by atoms with Crippen molar-refractivity contribution in [2.45, 2.75) is 24.7 Å². The van der Waals surface area contributed by atoms with Crippen LogP contribution in [0.15, 0.2) is 30.3 Å². The number of carbonyl (C=O) groups is 2. The molecule has 2 amide bonds. The van der Waals surface area contributed by atoms with E-state index in [0.29, 0.717) is 0 Å². The van der Waals surface area contributed by atoms with Crippen molar-refractivity contribution in [3.63, 3.8) is 0 Å². The first-order chi connectivity index (χ1) is 9.97. The first-order valence-corrected chi connectivity index (χ1v) is 6.65. The average molecular weight is 294 g/mol. The van der Waals surface area contributed by atoms with Crippen LogP contribution in [-0.2, 0) is 11.2 Å². The van der Waals surface area contributed by atoms with Gasteiger partial charge in [0.1, 0.15) is 6.04 Å². The molecule has 1 aliphatic rings. The number of carbonyl (C=O) groups excluding carboxylic acids is 1. The van der Waals surface area contributed by atoms with E-state index in [9.17, 15) is 24.9 Å². The minimum absolute atomic E-state index is 0.00925. The van der Waals surface area contributed by atoms with Gasteiger partial charge in [0.2, 0.25) is 0 Å². The molecule has 0 aromatic heterocycles. The van der Waals surface area contributed by atoms with Crippen LogP contribution in [0, 0.1) is 0 Å². The standard InChI is InChI=1S/C14H18N2O5/c17-11-7-16(8-12(11)18)14(21)15-10(13(19)20)6-9-4-2-1-3-5-9/h1-5,10-12,17-18H,6-8H2,(H,15,21)(H,19,20)/t10-,11?,12?/m0/s1. The Morgan fingerprint density at radius 3 is 2.29 bits per heavy atom. The number of carboxylic acids is 1. The number of rotatable bonds is 4. The highest BCUT2D eigenvalue weighted by atomic mass is 16.4. The van der Waals surface area contributed by atoms with Crippen molar-refractivity contribution in [2.75, 3.05) is 13.1 Å². The molecule has 4 N–H and O–H groups in total. The highest BCUT2D eigenvalue weighted by molar-refractivity contribution is 5.83. The molecule has 0 aliphatic carbocycles. The molecule has 0 spiro atoms. The number of aliphatic hydroxyl groups excluding tert-OH is 2. The predicted molar refractivity (Wildman–Crippen MR) is 73.7 cm³/mol. The molecule has 1 aliphatic heterocycles. The summed E-state index contributed by atoms with van der Waals surface area (Å²) in [6, 6.07) is 7.32. The normalized spacial score (nSPS) is 22.9. The van der Waals surface area contributed by atoms with Gasteiger partial charge < -0.3 is 25.5 Å².